The van der Waals surface area contributed by atoms with Gasteiger partial charge in [-0.2, -0.15) is 0 Å². The van der Waals surface area contributed by atoms with Crippen LogP contribution in [0, 0.1) is 0 Å². The van der Waals surface area contributed by atoms with Crippen LogP contribution in [-0.4, -0.2) is 30.2 Å². The van der Waals surface area contributed by atoms with E-state index in [-0.39, 0.29) is 12.0 Å². The Morgan fingerprint density at radius 1 is 1.52 bits per heavy atom. The van der Waals surface area contributed by atoms with Gasteiger partial charge in [0.15, 0.2) is 0 Å². The number of hydrogen-bond acceptors (Lipinski definition) is 4. The summed E-state index contributed by atoms with van der Waals surface area (Å²) in [5.74, 6) is -0.150. The van der Waals surface area contributed by atoms with Crippen molar-refractivity contribution in [3.63, 3.8) is 0 Å². The second-order valence-corrected chi connectivity index (χ2v) is 6.28. The normalized spacial score (nSPS) is 18.4. The average Bonchev–Trinajstić information content (AvgIpc) is 2.47. The van der Waals surface area contributed by atoms with Gasteiger partial charge >= 0.3 is 5.97 Å². The summed E-state index contributed by atoms with van der Waals surface area (Å²) in [5, 5.41) is 0. The molecule has 0 aromatic heterocycles. The zero-order valence-corrected chi connectivity index (χ0v) is 14.4. The highest BCUT2D eigenvalue weighted by Gasteiger charge is 2.31. The van der Waals surface area contributed by atoms with E-state index in [1.807, 2.05) is 25.1 Å². The number of halogens is 1. The number of hydrogen-bond donors (Lipinski definition) is 1. The van der Waals surface area contributed by atoms with Crippen molar-refractivity contribution in [1.29, 1.82) is 0 Å². The van der Waals surface area contributed by atoms with Crippen LogP contribution in [0.4, 0.5) is 5.69 Å². The Kier molecular flexibility index (Phi) is 5.58. The van der Waals surface area contributed by atoms with E-state index >= 15 is 0 Å². The van der Waals surface area contributed by atoms with E-state index < -0.39 is 0 Å². The number of thiocarbonyl (C=S) groups is 1. The van der Waals surface area contributed by atoms with Gasteiger partial charge in [0, 0.05) is 16.6 Å². The van der Waals surface area contributed by atoms with Crippen LogP contribution in [0.2, 0.25) is 0 Å². The molecule has 114 valence electrons. The Morgan fingerprint density at radius 2 is 2.29 bits per heavy atom. The second-order valence-electron chi connectivity index (χ2n) is 4.99. The molecule has 0 spiro atoms. The number of piperidine rings is 1. The maximum Gasteiger partial charge on any atom is 0.328 e. The van der Waals surface area contributed by atoms with Crippen LogP contribution in [0.1, 0.15) is 31.7 Å². The fourth-order valence-corrected chi connectivity index (χ4v) is 3.33. The van der Waals surface area contributed by atoms with E-state index in [1.165, 1.54) is 0 Å². The van der Waals surface area contributed by atoms with Crippen LogP contribution in [-0.2, 0) is 9.53 Å². The lowest BCUT2D eigenvalue weighted by Crippen LogP contribution is -2.45. The smallest absolute Gasteiger partial charge is 0.328 e. The summed E-state index contributed by atoms with van der Waals surface area (Å²) < 4.78 is 6.09. The van der Waals surface area contributed by atoms with Crippen LogP contribution < -0.4 is 10.6 Å². The molecule has 6 heteroatoms. The molecule has 0 radical (unpaired) electrons. The number of rotatable bonds is 4. The third-order valence-electron chi connectivity index (χ3n) is 3.60. The summed E-state index contributed by atoms with van der Waals surface area (Å²) in [7, 11) is 0. The quantitative estimate of drug-likeness (QED) is 0.651. The summed E-state index contributed by atoms with van der Waals surface area (Å²) in [4.78, 5) is 14.6. The molecule has 1 atom stereocenters. The molecule has 4 nitrogen and oxygen atoms in total. The summed E-state index contributed by atoms with van der Waals surface area (Å²) in [6, 6.07) is 5.52. The Hall–Kier alpha value is -1.14. The summed E-state index contributed by atoms with van der Waals surface area (Å²) >= 11 is 8.55. The predicted molar refractivity (Wildman–Crippen MR) is 91.6 cm³/mol. The average molecular weight is 371 g/mol. The van der Waals surface area contributed by atoms with Crippen molar-refractivity contribution in [3.8, 4) is 0 Å². The van der Waals surface area contributed by atoms with Gasteiger partial charge < -0.3 is 15.4 Å². The number of carbonyl (C=O) groups is 1. The lowest BCUT2D eigenvalue weighted by molar-refractivity contribution is -0.145. The minimum atomic E-state index is -0.217. The van der Waals surface area contributed by atoms with Gasteiger partial charge in [0.05, 0.1) is 12.3 Å². The largest absolute Gasteiger partial charge is 0.464 e. The molecule has 2 rings (SSSR count). The first kappa shape index (κ1) is 16.2. The minimum Gasteiger partial charge on any atom is -0.464 e. The highest BCUT2D eigenvalue weighted by molar-refractivity contribution is 9.10. The maximum absolute atomic E-state index is 12.1. The van der Waals surface area contributed by atoms with Crippen LogP contribution in [0.5, 0.6) is 0 Å². The van der Waals surface area contributed by atoms with Crippen LogP contribution in [0.15, 0.2) is 22.7 Å². The molecule has 2 N–H and O–H groups in total. The van der Waals surface area contributed by atoms with Crippen molar-refractivity contribution in [2.24, 2.45) is 5.73 Å². The zero-order valence-electron chi connectivity index (χ0n) is 12.0. The highest BCUT2D eigenvalue weighted by Crippen LogP contribution is 2.32. The van der Waals surface area contributed by atoms with Gasteiger partial charge in [0.1, 0.15) is 11.0 Å². The summed E-state index contributed by atoms with van der Waals surface area (Å²) in [6.45, 7) is 3.08. The van der Waals surface area contributed by atoms with Crippen LogP contribution >= 0.6 is 28.1 Å². The molecule has 21 heavy (non-hydrogen) atoms. The van der Waals surface area contributed by atoms with Gasteiger partial charge in [-0.1, -0.05) is 12.2 Å². The molecule has 0 bridgehead atoms. The number of ether oxygens (including phenoxy) is 1. The fourth-order valence-electron chi connectivity index (χ4n) is 2.60. The first-order chi connectivity index (χ1) is 10.0. The Bertz CT molecular complexity index is 550. The van der Waals surface area contributed by atoms with Crippen molar-refractivity contribution in [2.75, 3.05) is 18.1 Å². The van der Waals surface area contributed by atoms with Gasteiger partial charge in [0.25, 0.3) is 0 Å². The van der Waals surface area contributed by atoms with Crippen molar-refractivity contribution < 1.29 is 9.53 Å². The van der Waals surface area contributed by atoms with E-state index in [1.54, 1.807) is 0 Å². The van der Waals surface area contributed by atoms with E-state index in [2.05, 4.69) is 20.8 Å². The molecular weight excluding hydrogens is 352 g/mol. The minimum absolute atomic E-state index is 0.150. The molecule has 1 heterocycles. The maximum atomic E-state index is 12.1. The summed E-state index contributed by atoms with van der Waals surface area (Å²) in [6.07, 6.45) is 2.93. The standard InChI is InChI=1S/C15H19BrN2O2S/c1-2-20-15(19)13-5-3-4-8-18(13)12-7-6-10(14(17)21)9-11(12)16/h6-7,9,13H,2-5,8H2,1H3,(H2,17,21). The van der Waals surface area contributed by atoms with E-state index in [4.69, 9.17) is 22.7 Å². The molecule has 1 aliphatic rings. The first-order valence-corrected chi connectivity index (χ1v) is 8.27. The molecule has 0 saturated carbocycles. The number of benzene rings is 1. The molecule has 1 unspecified atom stereocenters. The lowest BCUT2D eigenvalue weighted by Gasteiger charge is -2.36. The van der Waals surface area contributed by atoms with Gasteiger partial charge in [-0.25, -0.2) is 4.79 Å². The number of carbonyl (C=O) groups excluding carboxylic acids is 1. The van der Waals surface area contributed by atoms with Crippen molar-refractivity contribution in [3.05, 3.63) is 28.2 Å². The molecule has 0 aliphatic carbocycles. The third-order valence-corrected chi connectivity index (χ3v) is 4.47. The van der Waals surface area contributed by atoms with Gasteiger partial charge in [-0.3, -0.25) is 0 Å². The number of nitrogens with zero attached hydrogens (tertiary/aromatic N) is 1. The molecule has 1 aromatic carbocycles. The second kappa shape index (κ2) is 7.22. The van der Waals surface area contributed by atoms with Crippen LogP contribution in [0.3, 0.4) is 0 Å². The van der Waals surface area contributed by atoms with E-state index in [9.17, 15) is 4.79 Å². The summed E-state index contributed by atoms with van der Waals surface area (Å²) in [5.41, 5.74) is 7.44. The number of nitrogens with two attached hydrogens (primary N) is 1. The number of anilines is 1. The van der Waals surface area contributed by atoms with Crippen molar-refractivity contribution in [2.45, 2.75) is 32.2 Å². The molecule has 1 fully saturated rings. The Balaban J connectivity index is 2.29. The zero-order chi connectivity index (χ0) is 15.4. The Labute approximate surface area is 138 Å². The molecule has 0 amide bonds. The molecule has 1 aliphatic heterocycles. The van der Waals surface area contributed by atoms with E-state index in [0.29, 0.717) is 11.6 Å². The van der Waals surface area contributed by atoms with Gasteiger partial charge in [0.2, 0.25) is 0 Å². The fraction of sp³-hybridized carbons (Fsp3) is 0.467. The lowest BCUT2D eigenvalue weighted by atomic mass is 10.0. The highest BCUT2D eigenvalue weighted by atomic mass is 79.9. The third kappa shape index (κ3) is 3.74. The first-order valence-electron chi connectivity index (χ1n) is 7.07. The molecular formula is C15H19BrN2O2S. The predicted octanol–water partition coefficient (Wildman–Crippen LogP) is 3.01. The SMILES string of the molecule is CCOC(=O)C1CCCCN1c1ccc(C(N)=S)cc1Br. The number of esters is 1. The molecule has 1 saturated heterocycles. The Morgan fingerprint density at radius 3 is 2.90 bits per heavy atom. The van der Waals surface area contributed by atoms with Gasteiger partial charge in [-0.15, -0.1) is 0 Å². The van der Waals surface area contributed by atoms with Crippen molar-refractivity contribution >= 4 is 44.8 Å². The van der Waals surface area contributed by atoms with E-state index in [0.717, 1.165) is 41.5 Å². The van der Waals surface area contributed by atoms with Crippen molar-refractivity contribution in [1.82, 2.24) is 0 Å². The van der Waals surface area contributed by atoms with Gasteiger partial charge in [-0.05, 0) is 60.3 Å². The topological polar surface area (TPSA) is 55.6 Å². The van der Waals surface area contributed by atoms with Crippen LogP contribution in [0.25, 0.3) is 0 Å². The molecule has 1 aromatic rings. The monoisotopic (exact) mass is 370 g/mol.